The molecule has 0 aromatic heterocycles. The van der Waals surface area contributed by atoms with Gasteiger partial charge in [-0.1, -0.05) is 13.3 Å². The largest absolute Gasteiger partial charge is 0.480 e. The Morgan fingerprint density at radius 2 is 1.34 bits per heavy atom. The Kier molecular flexibility index (Phi) is 10.8. The number of unbranched alkanes of at least 4 members (excludes halogenated alkanes) is 1. The summed E-state index contributed by atoms with van der Waals surface area (Å²) in [6.45, 7) is 9.90. The third-order valence-electron chi connectivity index (χ3n) is 3.77. The van der Waals surface area contributed by atoms with Crippen molar-refractivity contribution in [2.24, 2.45) is 0 Å². The summed E-state index contributed by atoms with van der Waals surface area (Å²) in [5.74, 6) is 0. The van der Waals surface area contributed by atoms with Gasteiger partial charge in [0.15, 0.2) is 20.0 Å². The van der Waals surface area contributed by atoms with Gasteiger partial charge in [0.1, 0.15) is 19.6 Å². The molecule has 0 aliphatic carbocycles. The van der Waals surface area contributed by atoms with Gasteiger partial charge in [-0.15, -0.1) is 0 Å². The predicted molar refractivity (Wildman–Crippen MR) is 90.6 cm³/mol. The van der Waals surface area contributed by atoms with E-state index in [0.717, 1.165) is 23.9 Å². The van der Waals surface area contributed by atoms with Gasteiger partial charge in [0.25, 0.3) is 0 Å². The van der Waals surface area contributed by atoms with Crippen LogP contribution in [-0.4, -0.2) is 85.4 Å². The molecular formula is C13H24F6N2O6S2. The highest BCUT2D eigenvalue weighted by Gasteiger charge is 2.47. The molecule has 16 heteroatoms. The highest BCUT2D eigenvalue weighted by molar-refractivity contribution is 8.13. The first kappa shape index (κ1) is 28.3. The zero-order valence-electron chi connectivity index (χ0n) is 15.8. The molecule has 0 bridgehead atoms. The minimum atomic E-state index is -6.72. The maximum Gasteiger partial charge on any atom is 0.480 e. The van der Waals surface area contributed by atoms with E-state index < -0.39 is 31.1 Å². The Hall–Kier alpha value is -0.680. The van der Waals surface area contributed by atoms with Gasteiger partial charge in [0.2, 0.25) is 0 Å². The fourth-order valence-corrected chi connectivity index (χ4v) is 3.62. The van der Waals surface area contributed by atoms with E-state index in [1.54, 1.807) is 7.11 Å². The van der Waals surface area contributed by atoms with Crippen LogP contribution in [0.2, 0.25) is 0 Å². The Bertz CT molecular complexity index is 648. The summed E-state index contributed by atoms with van der Waals surface area (Å²) >= 11 is 0. The predicted octanol–water partition coefficient (Wildman–Crippen LogP) is 2.34. The molecule has 8 nitrogen and oxygen atoms in total. The number of hydrogen-bond donors (Lipinski definition) is 0. The lowest BCUT2D eigenvalue weighted by Crippen LogP contribution is -2.31. The minimum absolute atomic E-state index is 0.717. The van der Waals surface area contributed by atoms with Crippen LogP contribution in [-0.2, 0) is 29.5 Å². The van der Waals surface area contributed by atoms with Gasteiger partial charge in [-0.3, -0.25) is 0 Å². The smallest absolute Gasteiger partial charge is 0.421 e. The number of alkyl halides is 6. The summed E-state index contributed by atoms with van der Waals surface area (Å²) in [6, 6.07) is 0. The lowest BCUT2D eigenvalue weighted by atomic mass is 10.3. The first-order chi connectivity index (χ1) is 13.0. The van der Waals surface area contributed by atoms with Crippen LogP contribution in [0, 0.1) is 0 Å². The molecule has 1 rings (SSSR count). The van der Waals surface area contributed by atoms with E-state index >= 15 is 0 Å². The van der Waals surface area contributed by atoms with E-state index in [2.05, 4.69) is 6.92 Å². The molecule has 1 fully saturated rings. The zero-order valence-corrected chi connectivity index (χ0v) is 17.4. The molecule has 0 aromatic rings. The highest BCUT2D eigenvalue weighted by atomic mass is 32.3. The summed E-state index contributed by atoms with van der Waals surface area (Å²) in [7, 11) is -11.7. The summed E-state index contributed by atoms with van der Waals surface area (Å²) in [5, 5.41) is 0. The number of halogens is 6. The van der Waals surface area contributed by atoms with Crippen LogP contribution in [0.4, 0.5) is 26.3 Å². The first-order valence-electron chi connectivity index (χ1n) is 8.32. The molecule has 0 N–H and O–H groups in total. The van der Waals surface area contributed by atoms with Crippen molar-refractivity contribution in [2.75, 3.05) is 53.1 Å². The molecule has 1 aliphatic rings. The number of rotatable bonds is 11. The summed E-state index contributed by atoms with van der Waals surface area (Å²) in [6.07, 6.45) is 2.67. The van der Waals surface area contributed by atoms with E-state index in [0.29, 0.717) is 0 Å². The number of nitrogens with zero attached hydrogens (tertiary/aromatic N) is 2. The molecule has 0 saturated carbocycles. The van der Waals surface area contributed by atoms with E-state index in [-0.39, 0.29) is 0 Å². The second kappa shape index (κ2) is 11.1. The number of quaternary nitrogens is 1. The second-order valence-electron chi connectivity index (χ2n) is 6.11. The fraction of sp³-hybridized carbons (Fsp3) is 1.00. The second-order valence-corrected chi connectivity index (χ2v) is 9.53. The highest BCUT2D eigenvalue weighted by Crippen LogP contribution is 2.36. The van der Waals surface area contributed by atoms with Crippen LogP contribution < -0.4 is 0 Å². The molecule has 0 atom stereocenters. The summed E-state index contributed by atoms with van der Waals surface area (Å²) < 4.78 is 121. The van der Waals surface area contributed by atoms with E-state index in [9.17, 15) is 43.2 Å². The van der Waals surface area contributed by atoms with E-state index in [4.69, 9.17) is 9.47 Å². The topological polar surface area (TPSA) is 101 Å². The fourth-order valence-electron chi connectivity index (χ4n) is 1.91. The average molecular weight is 482 g/mol. The molecule has 0 aromatic carbocycles. The van der Waals surface area contributed by atoms with Crippen molar-refractivity contribution < 1.29 is 57.1 Å². The number of hydrogen-bond acceptors (Lipinski definition) is 6. The molecule has 1 saturated heterocycles. The summed E-state index contributed by atoms with van der Waals surface area (Å²) in [4.78, 5) is 0. The number of methoxy groups -OCH3 is 1. The van der Waals surface area contributed by atoms with Crippen molar-refractivity contribution >= 4 is 20.0 Å². The monoisotopic (exact) mass is 482 g/mol. The van der Waals surface area contributed by atoms with Gasteiger partial charge in [-0.25, -0.2) is 16.8 Å². The maximum atomic E-state index is 11.4. The van der Waals surface area contributed by atoms with Gasteiger partial charge >= 0.3 is 11.0 Å². The molecule has 0 unspecified atom stereocenters. The molecular weight excluding hydrogens is 458 g/mol. The Balaban J connectivity index is 0.000000541. The molecule has 0 radical (unpaired) electrons. The van der Waals surface area contributed by atoms with Gasteiger partial charge in [-0.2, -0.15) is 26.3 Å². The molecule has 29 heavy (non-hydrogen) atoms. The molecule has 0 spiro atoms. The van der Waals surface area contributed by atoms with Crippen molar-refractivity contribution in [3.05, 3.63) is 4.13 Å². The minimum Gasteiger partial charge on any atom is -0.421 e. The van der Waals surface area contributed by atoms with Crippen LogP contribution in [0.15, 0.2) is 0 Å². The molecule has 1 heterocycles. The van der Waals surface area contributed by atoms with Gasteiger partial charge in [-0.05, 0) is 6.42 Å². The van der Waals surface area contributed by atoms with Crippen LogP contribution in [0.5, 0.6) is 0 Å². The van der Waals surface area contributed by atoms with Crippen molar-refractivity contribution in [1.29, 1.82) is 0 Å². The lowest BCUT2D eigenvalue weighted by molar-refractivity contribution is -0.800. The van der Waals surface area contributed by atoms with Crippen molar-refractivity contribution in [2.45, 2.75) is 30.8 Å². The van der Waals surface area contributed by atoms with Crippen LogP contribution in [0.3, 0.4) is 0 Å². The maximum absolute atomic E-state index is 11.4. The van der Waals surface area contributed by atoms with Crippen LogP contribution in [0.25, 0.3) is 4.13 Å². The molecule has 176 valence electrons. The zero-order chi connectivity index (χ0) is 23.0. The van der Waals surface area contributed by atoms with E-state index in [1.165, 1.54) is 43.5 Å². The molecule has 1 aliphatic heterocycles. The van der Waals surface area contributed by atoms with Gasteiger partial charge in [0, 0.05) is 7.11 Å². The van der Waals surface area contributed by atoms with Crippen molar-refractivity contribution in [1.82, 2.24) is 0 Å². The Morgan fingerprint density at radius 3 is 1.69 bits per heavy atom. The standard InChI is InChI=1S/C11H24NO2.C2F6NO4S2/c1-3-4-5-12(6-7-12)8-9-14-11-10-13-2;3-1(4,5)14(10,11)9-15(12,13)2(6,7)8/h3-11H2,1-2H3;/q+1;-1. The average Bonchev–Trinajstić information content (AvgIpc) is 3.30. The van der Waals surface area contributed by atoms with E-state index in [1.807, 2.05) is 0 Å². The van der Waals surface area contributed by atoms with Crippen LogP contribution >= 0.6 is 0 Å². The summed E-state index contributed by atoms with van der Waals surface area (Å²) in [5.41, 5.74) is -12.4. The third kappa shape index (κ3) is 10.3. The van der Waals surface area contributed by atoms with Crippen molar-refractivity contribution in [3.8, 4) is 0 Å². The Labute approximate surface area is 165 Å². The van der Waals surface area contributed by atoms with Gasteiger partial charge < -0.3 is 18.1 Å². The molecule has 0 amide bonds. The number of sulfonamides is 2. The Morgan fingerprint density at radius 1 is 0.862 bits per heavy atom. The SMILES string of the molecule is CCCC[N+]1(CCOCCOC)CC1.O=S(=O)([N-]S(=O)(=O)C(F)(F)F)C(F)(F)F. The van der Waals surface area contributed by atoms with Gasteiger partial charge in [0.05, 0.1) is 26.4 Å². The third-order valence-corrected chi connectivity index (χ3v) is 6.51. The lowest BCUT2D eigenvalue weighted by Gasteiger charge is -2.22. The number of ether oxygens (including phenoxy) is 2. The van der Waals surface area contributed by atoms with Crippen molar-refractivity contribution in [3.63, 3.8) is 0 Å². The quantitative estimate of drug-likeness (QED) is 0.194. The first-order valence-corrected chi connectivity index (χ1v) is 11.2. The van der Waals surface area contributed by atoms with Crippen LogP contribution in [0.1, 0.15) is 19.8 Å². The normalized spacial score (nSPS) is 16.8.